The minimum atomic E-state index is 0.436. The topological polar surface area (TPSA) is 38.5 Å². The Morgan fingerprint density at radius 1 is 1.29 bits per heavy atom. The van der Waals surface area contributed by atoms with Crippen LogP contribution >= 0.6 is 0 Å². The molecule has 2 heterocycles. The Hall–Kier alpha value is -0.120. The van der Waals surface area contributed by atoms with Crippen LogP contribution in [-0.2, 0) is 4.74 Å². The molecule has 17 heavy (non-hydrogen) atoms. The standard InChI is InChI=1S/C14H28N2O/c1-3-5-14(10-17-2)16-12-6-4-7-13(16)9-11(15)8-12/h11-14H,3-10,15H2,1-2H3. The van der Waals surface area contributed by atoms with E-state index in [0.29, 0.717) is 12.1 Å². The van der Waals surface area contributed by atoms with Crippen LogP contribution in [-0.4, -0.2) is 42.8 Å². The van der Waals surface area contributed by atoms with Crippen molar-refractivity contribution in [3.63, 3.8) is 0 Å². The number of nitrogens with two attached hydrogens (primary N) is 1. The summed E-state index contributed by atoms with van der Waals surface area (Å²) in [7, 11) is 1.83. The van der Waals surface area contributed by atoms with Crippen LogP contribution < -0.4 is 5.73 Å². The lowest BCUT2D eigenvalue weighted by molar-refractivity contribution is -0.0335. The van der Waals surface area contributed by atoms with Gasteiger partial charge in [0.25, 0.3) is 0 Å². The van der Waals surface area contributed by atoms with Crippen molar-refractivity contribution in [2.75, 3.05) is 13.7 Å². The van der Waals surface area contributed by atoms with Gasteiger partial charge in [-0.25, -0.2) is 0 Å². The van der Waals surface area contributed by atoms with Crippen LogP contribution in [0.2, 0.25) is 0 Å². The number of methoxy groups -OCH3 is 1. The summed E-state index contributed by atoms with van der Waals surface area (Å²) in [5.74, 6) is 0. The molecule has 0 aromatic heterocycles. The first kappa shape index (κ1) is 13.3. The van der Waals surface area contributed by atoms with Gasteiger partial charge in [0.05, 0.1) is 6.61 Å². The Balaban J connectivity index is 2.06. The van der Waals surface area contributed by atoms with Gasteiger partial charge in [0.2, 0.25) is 0 Å². The highest BCUT2D eigenvalue weighted by molar-refractivity contribution is 4.96. The number of piperidine rings is 2. The van der Waals surface area contributed by atoms with Crippen molar-refractivity contribution < 1.29 is 4.74 Å². The van der Waals surface area contributed by atoms with Crippen LogP contribution in [0.3, 0.4) is 0 Å². The molecule has 2 N–H and O–H groups in total. The number of fused-ring (bicyclic) bond motifs is 2. The molecular weight excluding hydrogens is 212 g/mol. The van der Waals surface area contributed by atoms with E-state index in [1.165, 1.54) is 44.9 Å². The molecule has 0 saturated carbocycles. The molecule has 100 valence electrons. The van der Waals surface area contributed by atoms with Gasteiger partial charge in [-0.15, -0.1) is 0 Å². The second kappa shape index (κ2) is 6.17. The van der Waals surface area contributed by atoms with E-state index >= 15 is 0 Å². The van der Waals surface area contributed by atoms with E-state index in [4.69, 9.17) is 10.5 Å². The van der Waals surface area contributed by atoms with Crippen LogP contribution in [0.15, 0.2) is 0 Å². The molecule has 2 aliphatic heterocycles. The highest BCUT2D eigenvalue weighted by atomic mass is 16.5. The Kier molecular flexibility index (Phi) is 4.83. The van der Waals surface area contributed by atoms with Gasteiger partial charge in [-0.05, 0) is 32.1 Å². The summed E-state index contributed by atoms with van der Waals surface area (Å²) < 4.78 is 5.43. The molecule has 3 unspecified atom stereocenters. The monoisotopic (exact) mass is 240 g/mol. The van der Waals surface area contributed by atoms with E-state index in [0.717, 1.165) is 18.7 Å². The third-order valence-corrected chi connectivity index (χ3v) is 4.47. The second-order valence-electron chi connectivity index (χ2n) is 5.82. The SMILES string of the molecule is CCCC(COC)N1C2CCCC1CC(N)C2. The van der Waals surface area contributed by atoms with Crippen molar-refractivity contribution in [2.45, 2.75) is 76.0 Å². The molecule has 0 spiro atoms. The average Bonchev–Trinajstić information content (AvgIpc) is 2.27. The summed E-state index contributed by atoms with van der Waals surface area (Å²) in [6.45, 7) is 3.16. The molecule has 0 aromatic carbocycles. The van der Waals surface area contributed by atoms with Crippen molar-refractivity contribution in [3.8, 4) is 0 Å². The maximum absolute atomic E-state index is 6.18. The molecule has 2 aliphatic rings. The summed E-state index contributed by atoms with van der Waals surface area (Å²) in [5, 5.41) is 0. The number of rotatable bonds is 5. The number of nitrogens with zero attached hydrogens (tertiary/aromatic N) is 1. The van der Waals surface area contributed by atoms with Crippen LogP contribution in [0.5, 0.6) is 0 Å². The maximum Gasteiger partial charge on any atom is 0.0618 e. The third-order valence-electron chi connectivity index (χ3n) is 4.47. The molecule has 2 bridgehead atoms. The minimum Gasteiger partial charge on any atom is -0.383 e. The summed E-state index contributed by atoms with van der Waals surface area (Å²) in [4.78, 5) is 2.76. The van der Waals surface area contributed by atoms with Gasteiger partial charge in [-0.3, -0.25) is 4.90 Å². The smallest absolute Gasteiger partial charge is 0.0618 e. The summed E-state index contributed by atoms with van der Waals surface area (Å²) >= 11 is 0. The van der Waals surface area contributed by atoms with Gasteiger partial charge in [0, 0.05) is 31.3 Å². The fourth-order valence-electron chi connectivity index (χ4n) is 3.90. The van der Waals surface area contributed by atoms with Gasteiger partial charge < -0.3 is 10.5 Å². The zero-order chi connectivity index (χ0) is 12.3. The van der Waals surface area contributed by atoms with Crippen LogP contribution in [0.25, 0.3) is 0 Å². The molecule has 0 aromatic rings. The largest absolute Gasteiger partial charge is 0.383 e. The van der Waals surface area contributed by atoms with E-state index < -0.39 is 0 Å². The van der Waals surface area contributed by atoms with Gasteiger partial charge in [-0.1, -0.05) is 19.8 Å². The lowest BCUT2D eigenvalue weighted by atomic mass is 9.80. The summed E-state index contributed by atoms with van der Waals surface area (Å²) in [5.41, 5.74) is 6.18. The Bertz CT molecular complexity index is 214. The molecule has 0 radical (unpaired) electrons. The fraction of sp³-hybridized carbons (Fsp3) is 1.00. The van der Waals surface area contributed by atoms with Gasteiger partial charge in [0.1, 0.15) is 0 Å². The first-order valence-corrected chi connectivity index (χ1v) is 7.28. The molecule has 2 fully saturated rings. The van der Waals surface area contributed by atoms with Gasteiger partial charge in [0.15, 0.2) is 0 Å². The quantitative estimate of drug-likeness (QED) is 0.800. The molecule has 0 aliphatic carbocycles. The predicted octanol–water partition coefficient (Wildman–Crippen LogP) is 2.15. The van der Waals surface area contributed by atoms with E-state index in [1.807, 2.05) is 7.11 Å². The Morgan fingerprint density at radius 3 is 2.47 bits per heavy atom. The van der Waals surface area contributed by atoms with Crippen molar-refractivity contribution >= 4 is 0 Å². The van der Waals surface area contributed by atoms with Gasteiger partial charge >= 0.3 is 0 Å². The number of hydrogen-bond donors (Lipinski definition) is 1. The number of hydrogen-bond acceptors (Lipinski definition) is 3. The van der Waals surface area contributed by atoms with E-state index in [1.54, 1.807) is 0 Å². The van der Waals surface area contributed by atoms with Gasteiger partial charge in [-0.2, -0.15) is 0 Å². The van der Waals surface area contributed by atoms with Crippen LogP contribution in [0.1, 0.15) is 51.9 Å². The first-order valence-electron chi connectivity index (χ1n) is 7.28. The molecule has 3 nitrogen and oxygen atoms in total. The summed E-state index contributed by atoms with van der Waals surface area (Å²) in [6.07, 6.45) is 8.97. The maximum atomic E-state index is 6.18. The lowest BCUT2D eigenvalue weighted by Crippen LogP contribution is -2.59. The predicted molar refractivity (Wildman–Crippen MR) is 71.0 cm³/mol. The molecule has 2 saturated heterocycles. The van der Waals surface area contributed by atoms with E-state index in [2.05, 4.69) is 11.8 Å². The van der Waals surface area contributed by atoms with Crippen LogP contribution in [0, 0.1) is 0 Å². The highest BCUT2D eigenvalue weighted by Gasteiger charge is 2.40. The Morgan fingerprint density at radius 2 is 1.94 bits per heavy atom. The lowest BCUT2D eigenvalue weighted by Gasteiger charge is -2.51. The van der Waals surface area contributed by atoms with Crippen molar-refractivity contribution in [1.82, 2.24) is 4.90 Å². The van der Waals surface area contributed by atoms with E-state index in [-0.39, 0.29) is 0 Å². The van der Waals surface area contributed by atoms with Crippen LogP contribution in [0.4, 0.5) is 0 Å². The van der Waals surface area contributed by atoms with Crippen molar-refractivity contribution in [1.29, 1.82) is 0 Å². The zero-order valence-electron chi connectivity index (χ0n) is 11.4. The van der Waals surface area contributed by atoms with Crippen molar-refractivity contribution in [3.05, 3.63) is 0 Å². The van der Waals surface area contributed by atoms with Crippen molar-refractivity contribution in [2.24, 2.45) is 5.73 Å². The highest BCUT2D eigenvalue weighted by Crippen LogP contribution is 2.35. The molecule has 2 rings (SSSR count). The molecule has 3 atom stereocenters. The second-order valence-corrected chi connectivity index (χ2v) is 5.82. The zero-order valence-corrected chi connectivity index (χ0v) is 11.4. The third kappa shape index (κ3) is 3.01. The fourth-order valence-corrected chi connectivity index (χ4v) is 3.90. The minimum absolute atomic E-state index is 0.436. The van der Waals surface area contributed by atoms with E-state index in [9.17, 15) is 0 Å². The average molecular weight is 240 g/mol. The molecule has 0 amide bonds. The first-order chi connectivity index (χ1) is 8.26. The molecular formula is C14H28N2O. The Labute approximate surface area is 106 Å². The molecule has 3 heteroatoms. The summed E-state index contributed by atoms with van der Waals surface area (Å²) in [6, 6.07) is 2.51. The number of ether oxygens (including phenoxy) is 1. The normalized spacial score (nSPS) is 35.8.